The molecule has 25 heavy (non-hydrogen) atoms. The number of imide groups is 1. The van der Waals surface area contributed by atoms with Crippen LogP contribution in [0.5, 0.6) is 0 Å². The van der Waals surface area contributed by atoms with Gasteiger partial charge >= 0.3 is 5.97 Å². The van der Waals surface area contributed by atoms with Gasteiger partial charge in [-0.15, -0.1) is 0 Å². The number of carbonyl (C=O) groups is 3. The zero-order valence-electron chi connectivity index (χ0n) is 14.1. The molecule has 2 aliphatic heterocycles. The maximum Gasteiger partial charge on any atom is 0.323 e. The minimum absolute atomic E-state index is 0.275. The molecule has 0 aromatic heterocycles. The summed E-state index contributed by atoms with van der Waals surface area (Å²) >= 11 is 0. The van der Waals surface area contributed by atoms with Crippen molar-refractivity contribution in [3.05, 3.63) is 35.4 Å². The normalized spacial score (nSPS) is 28.0. The van der Waals surface area contributed by atoms with Crippen molar-refractivity contribution in [2.75, 3.05) is 13.7 Å². The minimum atomic E-state index is -0.871. The van der Waals surface area contributed by atoms with Gasteiger partial charge in [0.2, 0.25) is 11.8 Å². The molecule has 7 heteroatoms. The van der Waals surface area contributed by atoms with E-state index in [1.54, 1.807) is 24.3 Å². The second-order valence-corrected chi connectivity index (χ2v) is 6.26. The van der Waals surface area contributed by atoms with Crippen molar-refractivity contribution < 1.29 is 19.1 Å². The van der Waals surface area contributed by atoms with Crippen molar-refractivity contribution in [3.63, 3.8) is 0 Å². The molecule has 2 heterocycles. The van der Waals surface area contributed by atoms with Crippen LogP contribution in [0, 0.1) is 23.2 Å². The number of nitrogens with zero attached hydrogens (tertiary/aromatic N) is 2. The standard InChI is InChI=1S/C18H19N3O4/c1-3-7-21-16(22)12-13(17(21)23)15(18(24)25-2)20-14(12)11-6-4-5-10(8-11)9-19/h4-6,8,12-15,20H,3,7H2,1-2H3/t12-,13+,14-,15+/m0/s1. The predicted molar refractivity (Wildman–Crippen MR) is 86.8 cm³/mol. The van der Waals surface area contributed by atoms with E-state index in [0.717, 1.165) is 0 Å². The summed E-state index contributed by atoms with van der Waals surface area (Å²) in [5.41, 5.74) is 1.17. The lowest BCUT2D eigenvalue weighted by Gasteiger charge is -2.21. The molecule has 0 spiro atoms. The molecule has 2 aliphatic rings. The van der Waals surface area contributed by atoms with Crippen molar-refractivity contribution in [2.24, 2.45) is 11.8 Å². The highest BCUT2D eigenvalue weighted by Crippen LogP contribution is 2.44. The lowest BCUT2D eigenvalue weighted by molar-refractivity contribution is -0.148. The maximum absolute atomic E-state index is 12.8. The van der Waals surface area contributed by atoms with E-state index >= 15 is 0 Å². The minimum Gasteiger partial charge on any atom is -0.468 e. The SMILES string of the molecule is CCCN1C(=O)[C@@H]2[C@H](C1=O)[C@H](c1cccc(C#N)c1)N[C@H]2C(=O)OC. The molecular weight excluding hydrogens is 322 g/mol. The van der Waals surface area contributed by atoms with Gasteiger partial charge in [-0.3, -0.25) is 24.6 Å². The van der Waals surface area contributed by atoms with E-state index in [-0.39, 0.29) is 11.8 Å². The molecule has 3 rings (SSSR count). The van der Waals surface area contributed by atoms with Crippen molar-refractivity contribution in [2.45, 2.75) is 25.4 Å². The first-order valence-electron chi connectivity index (χ1n) is 8.22. The Morgan fingerprint density at radius 3 is 2.68 bits per heavy atom. The fourth-order valence-corrected chi connectivity index (χ4v) is 3.77. The highest BCUT2D eigenvalue weighted by molar-refractivity contribution is 6.08. The van der Waals surface area contributed by atoms with E-state index in [9.17, 15) is 14.4 Å². The largest absolute Gasteiger partial charge is 0.468 e. The lowest BCUT2D eigenvalue weighted by Crippen LogP contribution is -2.43. The molecule has 2 fully saturated rings. The van der Waals surface area contributed by atoms with Crippen molar-refractivity contribution in [1.29, 1.82) is 5.26 Å². The van der Waals surface area contributed by atoms with E-state index in [0.29, 0.717) is 24.1 Å². The molecule has 2 saturated heterocycles. The molecule has 0 unspecified atom stereocenters. The first-order valence-corrected chi connectivity index (χ1v) is 8.22. The van der Waals surface area contributed by atoms with E-state index in [1.807, 2.05) is 6.92 Å². The van der Waals surface area contributed by atoms with Gasteiger partial charge in [-0.25, -0.2) is 0 Å². The molecule has 1 N–H and O–H groups in total. The van der Waals surface area contributed by atoms with Crippen LogP contribution in [-0.2, 0) is 19.1 Å². The second-order valence-electron chi connectivity index (χ2n) is 6.26. The summed E-state index contributed by atoms with van der Waals surface area (Å²) in [5.74, 6) is -2.62. The number of hydrogen-bond donors (Lipinski definition) is 1. The van der Waals surface area contributed by atoms with Crippen LogP contribution < -0.4 is 5.32 Å². The molecule has 0 saturated carbocycles. The number of likely N-dealkylation sites (tertiary alicyclic amines) is 1. The first-order chi connectivity index (χ1) is 12.0. The van der Waals surface area contributed by atoms with Gasteiger partial charge in [-0.2, -0.15) is 5.26 Å². The number of esters is 1. The van der Waals surface area contributed by atoms with Crippen molar-refractivity contribution in [1.82, 2.24) is 10.2 Å². The maximum atomic E-state index is 12.8. The number of ether oxygens (including phenoxy) is 1. The van der Waals surface area contributed by atoms with Gasteiger partial charge < -0.3 is 4.74 Å². The summed E-state index contributed by atoms with van der Waals surface area (Å²) in [7, 11) is 1.26. The third-order valence-corrected chi connectivity index (χ3v) is 4.84. The Balaban J connectivity index is 2.03. The van der Waals surface area contributed by atoms with E-state index < -0.39 is 29.9 Å². The van der Waals surface area contributed by atoms with E-state index in [2.05, 4.69) is 11.4 Å². The number of methoxy groups -OCH3 is 1. The van der Waals surface area contributed by atoms with Crippen LogP contribution in [0.4, 0.5) is 0 Å². The number of amides is 2. The van der Waals surface area contributed by atoms with Gasteiger partial charge in [0, 0.05) is 12.6 Å². The van der Waals surface area contributed by atoms with E-state index in [1.165, 1.54) is 12.0 Å². The zero-order chi connectivity index (χ0) is 18.1. The molecular formula is C18H19N3O4. The highest BCUT2D eigenvalue weighted by atomic mass is 16.5. The Bertz CT molecular complexity index is 770. The first kappa shape index (κ1) is 17.1. The van der Waals surface area contributed by atoms with Gasteiger partial charge in [0.15, 0.2) is 0 Å². The van der Waals surface area contributed by atoms with Crippen LogP contribution in [0.3, 0.4) is 0 Å². The quantitative estimate of drug-likeness (QED) is 0.641. The topological polar surface area (TPSA) is 99.5 Å². The fraction of sp³-hybridized carbons (Fsp3) is 0.444. The smallest absolute Gasteiger partial charge is 0.323 e. The zero-order valence-corrected chi connectivity index (χ0v) is 14.1. The number of rotatable bonds is 4. The molecule has 2 amide bonds. The summed E-state index contributed by atoms with van der Waals surface area (Å²) in [6.07, 6.45) is 0.655. The second kappa shape index (κ2) is 6.65. The van der Waals surface area contributed by atoms with Crippen molar-refractivity contribution in [3.8, 4) is 6.07 Å². The number of fused-ring (bicyclic) bond motifs is 1. The Morgan fingerprint density at radius 1 is 1.32 bits per heavy atom. The van der Waals surface area contributed by atoms with Gasteiger partial charge in [0.1, 0.15) is 6.04 Å². The number of benzene rings is 1. The Morgan fingerprint density at radius 2 is 2.04 bits per heavy atom. The molecule has 0 aliphatic carbocycles. The van der Waals surface area contributed by atoms with Crippen LogP contribution in [-0.4, -0.2) is 42.4 Å². The van der Waals surface area contributed by atoms with Crippen LogP contribution in [0.1, 0.15) is 30.5 Å². The molecule has 0 bridgehead atoms. The highest BCUT2D eigenvalue weighted by Gasteiger charge is 2.60. The molecule has 1 aromatic rings. The number of carbonyl (C=O) groups excluding carboxylic acids is 3. The van der Waals surface area contributed by atoms with Crippen LogP contribution in [0.2, 0.25) is 0 Å². The Hall–Kier alpha value is -2.72. The number of nitriles is 1. The summed E-state index contributed by atoms with van der Waals surface area (Å²) in [6, 6.07) is 7.53. The molecule has 1 aromatic carbocycles. The third kappa shape index (κ3) is 2.68. The molecule has 7 nitrogen and oxygen atoms in total. The van der Waals surface area contributed by atoms with Gasteiger partial charge in [0.25, 0.3) is 0 Å². The molecule has 0 radical (unpaired) electrons. The van der Waals surface area contributed by atoms with Gasteiger partial charge in [0.05, 0.1) is 30.6 Å². The lowest BCUT2D eigenvalue weighted by atomic mass is 9.86. The van der Waals surface area contributed by atoms with Crippen molar-refractivity contribution >= 4 is 17.8 Å². The van der Waals surface area contributed by atoms with Gasteiger partial charge in [-0.1, -0.05) is 19.1 Å². The van der Waals surface area contributed by atoms with Crippen LogP contribution in [0.25, 0.3) is 0 Å². The molecule has 4 atom stereocenters. The summed E-state index contributed by atoms with van der Waals surface area (Å²) in [5, 5.41) is 12.2. The average molecular weight is 341 g/mol. The average Bonchev–Trinajstić information content (AvgIpc) is 3.14. The fourth-order valence-electron chi connectivity index (χ4n) is 3.77. The van der Waals surface area contributed by atoms with Crippen LogP contribution in [0.15, 0.2) is 24.3 Å². The monoisotopic (exact) mass is 341 g/mol. The number of hydrogen-bond acceptors (Lipinski definition) is 6. The Kier molecular flexibility index (Phi) is 4.55. The summed E-state index contributed by atoms with van der Waals surface area (Å²) in [4.78, 5) is 39.0. The van der Waals surface area contributed by atoms with E-state index in [4.69, 9.17) is 10.00 Å². The number of nitrogens with one attached hydrogen (secondary N) is 1. The van der Waals surface area contributed by atoms with Crippen LogP contribution >= 0.6 is 0 Å². The molecule has 130 valence electrons. The summed E-state index contributed by atoms with van der Waals surface area (Å²) < 4.78 is 4.81. The third-order valence-electron chi connectivity index (χ3n) is 4.84. The summed E-state index contributed by atoms with van der Waals surface area (Å²) in [6.45, 7) is 2.22. The Labute approximate surface area is 145 Å². The predicted octanol–water partition coefficient (Wildman–Crippen LogP) is 0.755. The van der Waals surface area contributed by atoms with Gasteiger partial charge in [-0.05, 0) is 24.1 Å².